The van der Waals surface area contributed by atoms with Gasteiger partial charge in [0.1, 0.15) is 0 Å². The molecule has 2 N–H and O–H groups in total. The Hall–Kier alpha value is -2.05. The average molecular weight is 471 g/mol. The number of aromatic nitrogens is 1. The number of halogens is 3. The van der Waals surface area contributed by atoms with Crippen molar-refractivity contribution in [1.82, 2.24) is 9.88 Å². The number of carbonyl (C=O) groups excluding carboxylic acids is 1. The first kappa shape index (κ1) is 26.0. The summed E-state index contributed by atoms with van der Waals surface area (Å²) in [6, 6.07) is 17.5. The van der Waals surface area contributed by atoms with Crippen molar-refractivity contribution < 1.29 is 9.21 Å². The highest BCUT2D eigenvalue weighted by molar-refractivity contribution is 6.30. The van der Waals surface area contributed by atoms with E-state index in [2.05, 4.69) is 17.1 Å². The summed E-state index contributed by atoms with van der Waals surface area (Å²) >= 11 is 5.91. The first-order valence-electron chi connectivity index (χ1n) is 9.38. The number of benzene rings is 2. The zero-order chi connectivity index (χ0) is 19.8. The van der Waals surface area contributed by atoms with E-state index in [1.807, 2.05) is 35.2 Å². The monoisotopic (exact) mass is 469 g/mol. The van der Waals surface area contributed by atoms with E-state index in [4.69, 9.17) is 21.8 Å². The Kier molecular flexibility index (Phi) is 11.5. The molecule has 5 nitrogen and oxygen atoms in total. The van der Waals surface area contributed by atoms with Crippen molar-refractivity contribution in [2.75, 3.05) is 19.6 Å². The lowest BCUT2D eigenvalue weighted by molar-refractivity contribution is -0.131. The average Bonchev–Trinajstić information content (AvgIpc) is 3.19. The third kappa shape index (κ3) is 7.65. The standard InChI is InChI=1S/C22H24ClN3O2.2ClH/c23-19-8-6-18(7-9-19)20-16-25-21(28-20)10-11-22(27)26(15-13-24)14-12-17-4-2-1-3-5-17;;/h1-9,16H,10-15,24H2;2*1H. The summed E-state index contributed by atoms with van der Waals surface area (Å²) in [7, 11) is 0. The number of oxazole rings is 1. The molecule has 1 amide bonds. The molecule has 0 radical (unpaired) electrons. The lowest BCUT2D eigenvalue weighted by Crippen LogP contribution is -2.37. The van der Waals surface area contributed by atoms with Gasteiger partial charge in [0.15, 0.2) is 11.7 Å². The van der Waals surface area contributed by atoms with Crippen LogP contribution in [0, 0.1) is 0 Å². The van der Waals surface area contributed by atoms with Gasteiger partial charge in [0.2, 0.25) is 5.91 Å². The minimum Gasteiger partial charge on any atom is -0.441 e. The van der Waals surface area contributed by atoms with Crippen LogP contribution in [0.5, 0.6) is 0 Å². The fraction of sp³-hybridized carbons (Fsp3) is 0.273. The number of amides is 1. The first-order chi connectivity index (χ1) is 13.7. The molecule has 0 saturated carbocycles. The molecule has 0 aliphatic rings. The number of nitrogens with zero attached hydrogens (tertiary/aromatic N) is 2. The van der Waals surface area contributed by atoms with Crippen molar-refractivity contribution in [3.05, 3.63) is 77.3 Å². The molecule has 0 saturated heterocycles. The number of nitrogens with two attached hydrogens (primary N) is 1. The van der Waals surface area contributed by atoms with E-state index < -0.39 is 0 Å². The maximum atomic E-state index is 12.6. The summed E-state index contributed by atoms with van der Waals surface area (Å²) in [5, 5.41) is 0.671. The molecule has 30 heavy (non-hydrogen) atoms. The Bertz CT molecular complexity index is 886. The zero-order valence-corrected chi connectivity index (χ0v) is 18.9. The molecule has 0 aliphatic heterocycles. The van der Waals surface area contributed by atoms with E-state index in [0.717, 1.165) is 12.0 Å². The van der Waals surface area contributed by atoms with Gasteiger partial charge in [-0.05, 0) is 36.2 Å². The van der Waals surface area contributed by atoms with E-state index in [1.165, 1.54) is 5.56 Å². The second kappa shape index (κ2) is 13.3. The maximum Gasteiger partial charge on any atom is 0.223 e. The van der Waals surface area contributed by atoms with E-state index in [1.54, 1.807) is 18.3 Å². The van der Waals surface area contributed by atoms with Gasteiger partial charge in [-0.3, -0.25) is 4.79 Å². The maximum absolute atomic E-state index is 12.6. The molecule has 3 rings (SSSR count). The van der Waals surface area contributed by atoms with Gasteiger partial charge in [-0.15, -0.1) is 24.8 Å². The summed E-state index contributed by atoms with van der Waals surface area (Å²) in [5.41, 5.74) is 7.80. The predicted octanol–water partition coefficient (Wildman–Crippen LogP) is 4.80. The topological polar surface area (TPSA) is 72.4 Å². The Labute approximate surface area is 194 Å². The molecule has 1 aromatic heterocycles. The molecule has 1 heterocycles. The fourth-order valence-corrected chi connectivity index (χ4v) is 3.10. The smallest absolute Gasteiger partial charge is 0.223 e. The van der Waals surface area contributed by atoms with Crippen LogP contribution < -0.4 is 5.73 Å². The van der Waals surface area contributed by atoms with Crippen molar-refractivity contribution in [1.29, 1.82) is 0 Å². The first-order valence-corrected chi connectivity index (χ1v) is 9.76. The van der Waals surface area contributed by atoms with Gasteiger partial charge in [-0.2, -0.15) is 0 Å². The van der Waals surface area contributed by atoms with Gasteiger partial charge in [-0.1, -0.05) is 41.9 Å². The highest BCUT2D eigenvalue weighted by Crippen LogP contribution is 2.22. The van der Waals surface area contributed by atoms with Crippen LogP contribution in [0.25, 0.3) is 11.3 Å². The molecule has 0 aliphatic carbocycles. The quantitative estimate of drug-likeness (QED) is 0.487. The molecule has 3 aromatic rings. The molecule has 8 heteroatoms. The van der Waals surface area contributed by atoms with E-state index in [-0.39, 0.29) is 30.7 Å². The largest absolute Gasteiger partial charge is 0.441 e. The number of hydrogen-bond acceptors (Lipinski definition) is 4. The summed E-state index contributed by atoms with van der Waals surface area (Å²) < 4.78 is 5.78. The molecule has 0 atom stereocenters. The molecule has 162 valence electrons. The predicted molar refractivity (Wildman–Crippen MR) is 126 cm³/mol. The highest BCUT2D eigenvalue weighted by Gasteiger charge is 2.15. The van der Waals surface area contributed by atoms with Crippen LogP contribution in [0.1, 0.15) is 17.9 Å². The normalized spacial score (nSPS) is 10.1. The van der Waals surface area contributed by atoms with Crippen LogP contribution in [-0.2, 0) is 17.6 Å². The van der Waals surface area contributed by atoms with Crippen LogP contribution in [0.4, 0.5) is 0 Å². The lowest BCUT2D eigenvalue weighted by atomic mass is 10.1. The minimum absolute atomic E-state index is 0. The fourth-order valence-electron chi connectivity index (χ4n) is 2.97. The number of rotatable bonds is 9. The van der Waals surface area contributed by atoms with Gasteiger partial charge < -0.3 is 15.1 Å². The Morgan fingerprint density at radius 1 is 1.00 bits per heavy atom. The van der Waals surface area contributed by atoms with Crippen LogP contribution in [0.15, 0.2) is 65.2 Å². The number of aryl methyl sites for hydroxylation is 1. The van der Waals surface area contributed by atoms with Gasteiger partial charge in [0.05, 0.1) is 6.20 Å². The molecule has 0 unspecified atom stereocenters. The van der Waals surface area contributed by atoms with Gasteiger partial charge >= 0.3 is 0 Å². The van der Waals surface area contributed by atoms with Crippen LogP contribution >= 0.6 is 36.4 Å². The van der Waals surface area contributed by atoms with Crippen molar-refractivity contribution in [3.63, 3.8) is 0 Å². The van der Waals surface area contributed by atoms with Crippen molar-refractivity contribution >= 4 is 42.3 Å². The van der Waals surface area contributed by atoms with Crippen LogP contribution in [-0.4, -0.2) is 35.4 Å². The minimum atomic E-state index is 0. The third-order valence-corrected chi connectivity index (χ3v) is 4.75. The second-order valence-corrected chi connectivity index (χ2v) is 6.97. The summed E-state index contributed by atoms with van der Waals surface area (Å²) in [6.45, 7) is 1.65. The molecule has 0 spiro atoms. The van der Waals surface area contributed by atoms with Crippen molar-refractivity contribution in [3.8, 4) is 11.3 Å². The SMILES string of the molecule is Cl.Cl.NCCN(CCc1ccccc1)C(=O)CCc1ncc(-c2ccc(Cl)cc2)o1. The van der Waals surface area contributed by atoms with E-state index >= 15 is 0 Å². The van der Waals surface area contributed by atoms with Crippen molar-refractivity contribution in [2.24, 2.45) is 5.73 Å². The Morgan fingerprint density at radius 2 is 1.70 bits per heavy atom. The molecule has 0 fully saturated rings. The van der Waals surface area contributed by atoms with Crippen molar-refractivity contribution in [2.45, 2.75) is 19.3 Å². The van der Waals surface area contributed by atoms with Crippen LogP contribution in [0.2, 0.25) is 5.02 Å². The van der Waals surface area contributed by atoms with Crippen LogP contribution in [0.3, 0.4) is 0 Å². The second-order valence-electron chi connectivity index (χ2n) is 6.53. The van der Waals surface area contributed by atoms with Gasteiger partial charge in [0.25, 0.3) is 0 Å². The number of hydrogen-bond donors (Lipinski definition) is 1. The van der Waals surface area contributed by atoms with E-state index in [0.29, 0.717) is 49.1 Å². The summed E-state index contributed by atoms with van der Waals surface area (Å²) in [5.74, 6) is 1.28. The van der Waals surface area contributed by atoms with Gasteiger partial charge in [-0.25, -0.2) is 4.98 Å². The highest BCUT2D eigenvalue weighted by atomic mass is 35.5. The molecular formula is C22H26Cl3N3O2. The third-order valence-electron chi connectivity index (χ3n) is 4.50. The Morgan fingerprint density at radius 3 is 2.37 bits per heavy atom. The molecule has 2 aromatic carbocycles. The molecule has 0 bridgehead atoms. The summed E-state index contributed by atoms with van der Waals surface area (Å²) in [4.78, 5) is 18.7. The summed E-state index contributed by atoms with van der Waals surface area (Å²) in [6.07, 6.45) is 3.29. The van der Waals surface area contributed by atoms with Gasteiger partial charge in [0, 0.05) is 43.1 Å². The zero-order valence-electron chi connectivity index (χ0n) is 16.5. The number of carbonyl (C=O) groups is 1. The Balaban J connectivity index is 0.00000225. The van der Waals surface area contributed by atoms with E-state index in [9.17, 15) is 4.79 Å². The molecular weight excluding hydrogens is 445 g/mol. The lowest BCUT2D eigenvalue weighted by Gasteiger charge is -2.22.